The van der Waals surface area contributed by atoms with Crippen molar-refractivity contribution in [1.82, 2.24) is 0 Å². The van der Waals surface area contributed by atoms with Crippen molar-refractivity contribution in [1.29, 1.82) is 0 Å². The van der Waals surface area contributed by atoms with Crippen molar-refractivity contribution >= 4 is 24.4 Å². The SMILES string of the molecule is CCC(C)SCCCS. The van der Waals surface area contributed by atoms with Crippen molar-refractivity contribution in [2.24, 2.45) is 0 Å². The molecule has 1 atom stereocenters. The van der Waals surface area contributed by atoms with E-state index in [0.29, 0.717) is 0 Å². The lowest BCUT2D eigenvalue weighted by Crippen LogP contribution is -1.94. The van der Waals surface area contributed by atoms with Crippen LogP contribution >= 0.6 is 24.4 Å². The molecule has 0 heterocycles. The Morgan fingerprint density at radius 1 is 1.56 bits per heavy atom. The Kier molecular flexibility index (Phi) is 7.34. The molecular weight excluding hydrogens is 148 g/mol. The van der Waals surface area contributed by atoms with Crippen LogP contribution in [-0.2, 0) is 0 Å². The predicted molar refractivity (Wildman–Crippen MR) is 50.7 cm³/mol. The molecule has 0 N–H and O–H groups in total. The van der Waals surface area contributed by atoms with Crippen LogP contribution in [0, 0.1) is 0 Å². The molecule has 56 valence electrons. The summed E-state index contributed by atoms with van der Waals surface area (Å²) >= 11 is 6.19. The number of rotatable bonds is 5. The molecule has 0 radical (unpaired) electrons. The van der Waals surface area contributed by atoms with E-state index in [-0.39, 0.29) is 0 Å². The lowest BCUT2D eigenvalue weighted by atomic mass is 10.4. The summed E-state index contributed by atoms with van der Waals surface area (Å²) in [6.07, 6.45) is 2.54. The van der Waals surface area contributed by atoms with Crippen LogP contribution in [0.25, 0.3) is 0 Å². The zero-order valence-corrected chi connectivity index (χ0v) is 7.97. The van der Waals surface area contributed by atoms with E-state index in [4.69, 9.17) is 0 Å². The van der Waals surface area contributed by atoms with E-state index in [0.717, 1.165) is 11.0 Å². The van der Waals surface area contributed by atoms with Gasteiger partial charge in [0.25, 0.3) is 0 Å². The van der Waals surface area contributed by atoms with Crippen LogP contribution in [0.2, 0.25) is 0 Å². The van der Waals surface area contributed by atoms with Gasteiger partial charge >= 0.3 is 0 Å². The van der Waals surface area contributed by atoms with Gasteiger partial charge in [-0.2, -0.15) is 24.4 Å². The number of hydrogen-bond acceptors (Lipinski definition) is 2. The van der Waals surface area contributed by atoms with Crippen molar-refractivity contribution in [3.8, 4) is 0 Å². The Morgan fingerprint density at radius 3 is 2.67 bits per heavy atom. The van der Waals surface area contributed by atoms with E-state index in [2.05, 4.69) is 38.2 Å². The minimum Gasteiger partial charge on any atom is -0.179 e. The van der Waals surface area contributed by atoms with Crippen LogP contribution in [0.15, 0.2) is 0 Å². The fourth-order valence-electron chi connectivity index (χ4n) is 0.467. The number of hydrogen-bond donors (Lipinski definition) is 1. The zero-order valence-electron chi connectivity index (χ0n) is 6.26. The third-order valence-electron chi connectivity index (χ3n) is 1.28. The van der Waals surface area contributed by atoms with Gasteiger partial charge in [-0.15, -0.1) is 0 Å². The van der Waals surface area contributed by atoms with Crippen molar-refractivity contribution in [3.05, 3.63) is 0 Å². The molecule has 0 fully saturated rings. The average Bonchev–Trinajstić information content (AvgIpc) is 1.89. The highest BCUT2D eigenvalue weighted by molar-refractivity contribution is 7.99. The third kappa shape index (κ3) is 6.59. The quantitative estimate of drug-likeness (QED) is 0.481. The predicted octanol–water partition coefficient (Wildman–Crippen LogP) is 2.84. The Balaban J connectivity index is 2.88. The summed E-state index contributed by atoms with van der Waals surface area (Å²) in [6, 6.07) is 0. The highest BCUT2D eigenvalue weighted by atomic mass is 32.2. The molecule has 0 aromatic heterocycles. The Bertz CT molecular complexity index is 54.9. The molecule has 0 aromatic carbocycles. The summed E-state index contributed by atoms with van der Waals surface area (Å²) in [5, 5.41) is 0.838. The second-order valence-corrected chi connectivity index (χ2v) is 4.16. The first-order valence-electron chi connectivity index (χ1n) is 3.53. The number of thioether (sulfide) groups is 1. The maximum absolute atomic E-state index is 4.14. The first-order chi connectivity index (χ1) is 4.31. The molecule has 0 nitrogen and oxygen atoms in total. The van der Waals surface area contributed by atoms with Crippen molar-refractivity contribution in [2.45, 2.75) is 31.9 Å². The zero-order chi connectivity index (χ0) is 7.11. The summed E-state index contributed by atoms with van der Waals surface area (Å²) in [5.41, 5.74) is 0. The molecular formula is C7H16S2. The van der Waals surface area contributed by atoms with Crippen LogP contribution in [0.3, 0.4) is 0 Å². The lowest BCUT2D eigenvalue weighted by molar-refractivity contribution is 0.903. The second kappa shape index (κ2) is 6.81. The Morgan fingerprint density at radius 2 is 2.22 bits per heavy atom. The van der Waals surface area contributed by atoms with Crippen LogP contribution in [0.4, 0.5) is 0 Å². The first kappa shape index (κ1) is 9.70. The van der Waals surface area contributed by atoms with Gasteiger partial charge < -0.3 is 0 Å². The highest BCUT2D eigenvalue weighted by Crippen LogP contribution is 2.14. The summed E-state index contributed by atoms with van der Waals surface area (Å²) in [6.45, 7) is 4.52. The summed E-state index contributed by atoms with van der Waals surface area (Å²) in [5.74, 6) is 2.31. The molecule has 0 bridgehead atoms. The Labute approximate surface area is 68.2 Å². The minimum absolute atomic E-state index is 0.838. The minimum atomic E-state index is 0.838. The standard InChI is InChI=1S/C7H16S2/c1-3-7(2)9-6-4-5-8/h7-8H,3-6H2,1-2H3. The maximum atomic E-state index is 4.14. The monoisotopic (exact) mass is 164 g/mol. The molecule has 0 aliphatic carbocycles. The summed E-state index contributed by atoms with van der Waals surface area (Å²) in [7, 11) is 0. The van der Waals surface area contributed by atoms with E-state index in [9.17, 15) is 0 Å². The van der Waals surface area contributed by atoms with Gasteiger partial charge in [0.2, 0.25) is 0 Å². The molecule has 0 rings (SSSR count). The molecule has 0 aliphatic heterocycles. The highest BCUT2D eigenvalue weighted by Gasteiger charge is 1.96. The smallest absolute Gasteiger partial charge is 0.00160 e. The van der Waals surface area contributed by atoms with Gasteiger partial charge in [0.05, 0.1) is 0 Å². The fraction of sp³-hybridized carbons (Fsp3) is 1.00. The largest absolute Gasteiger partial charge is 0.179 e. The van der Waals surface area contributed by atoms with Crippen molar-refractivity contribution < 1.29 is 0 Å². The molecule has 1 unspecified atom stereocenters. The fourth-order valence-corrected chi connectivity index (χ4v) is 1.79. The van der Waals surface area contributed by atoms with E-state index in [1.54, 1.807) is 0 Å². The van der Waals surface area contributed by atoms with Gasteiger partial charge in [0.1, 0.15) is 0 Å². The average molecular weight is 164 g/mol. The molecule has 0 saturated carbocycles. The molecule has 2 heteroatoms. The normalized spacial score (nSPS) is 13.7. The van der Waals surface area contributed by atoms with Crippen molar-refractivity contribution in [3.63, 3.8) is 0 Å². The molecule has 0 amide bonds. The van der Waals surface area contributed by atoms with Crippen LogP contribution in [0.1, 0.15) is 26.7 Å². The third-order valence-corrected chi connectivity index (χ3v) is 3.02. The molecule has 9 heavy (non-hydrogen) atoms. The van der Waals surface area contributed by atoms with E-state index >= 15 is 0 Å². The van der Waals surface area contributed by atoms with E-state index < -0.39 is 0 Å². The van der Waals surface area contributed by atoms with Gasteiger partial charge in [0.15, 0.2) is 0 Å². The van der Waals surface area contributed by atoms with Crippen molar-refractivity contribution in [2.75, 3.05) is 11.5 Å². The van der Waals surface area contributed by atoms with Gasteiger partial charge in [-0.1, -0.05) is 13.8 Å². The lowest BCUT2D eigenvalue weighted by Gasteiger charge is -2.05. The van der Waals surface area contributed by atoms with Gasteiger partial charge in [-0.05, 0) is 24.3 Å². The molecule has 0 aromatic rings. The van der Waals surface area contributed by atoms with Crippen LogP contribution in [0.5, 0.6) is 0 Å². The van der Waals surface area contributed by atoms with Gasteiger partial charge in [0, 0.05) is 5.25 Å². The summed E-state index contributed by atoms with van der Waals surface area (Å²) in [4.78, 5) is 0. The maximum Gasteiger partial charge on any atom is 0.00160 e. The first-order valence-corrected chi connectivity index (χ1v) is 5.21. The molecule has 0 spiro atoms. The summed E-state index contributed by atoms with van der Waals surface area (Å²) < 4.78 is 0. The van der Waals surface area contributed by atoms with Gasteiger partial charge in [-0.25, -0.2) is 0 Å². The van der Waals surface area contributed by atoms with E-state index in [1.807, 2.05) is 0 Å². The van der Waals surface area contributed by atoms with E-state index in [1.165, 1.54) is 18.6 Å². The Hall–Kier alpha value is 0.700. The van der Waals surface area contributed by atoms with Gasteiger partial charge in [-0.3, -0.25) is 0 Å². The number of thiol groups is 1. The molecule has 0 saturated heterocycles. The second-order valence-electron chi connectivity index (χ2n) is 2.17. The van der Waals surface area contributed by atoms with Crippen LogP contribution < -0.4 is 0 Å². The van der Waals surface area contributed by atoms with Crippen LogP contribution in [-0.4, -0.2) is 16.8 Å². The molecule has 0 aliphatic rings. The topological polar surface area (TPSA) is 0 Å².